The van der Waals surface area contributed by atoms with Crippen LogP contribution in [-0.4, -0.2) is 13.2 Å². The van der Waals surface area contributed by atoms with Crippen molar-refractivity contribution in [1.29, 1.82) is 0 Å². The normalized spacial score (nSPS) is 24.9. The predicted molar refractivity (Wildman–Crippen MR) is 142 cm³/mol. The Morgan fingerprint density at radius 2 is 1.48 bits per heavy atom. The van der Waals surface area contributed by atoms with Crippen LogP contribution in [0.5, 0.6) is 5.75 Å². The van der Waals surface area contributed by atoms with Crippen molar-refractivity contribution in [1.82, 2.24) is 0 Å². The molecule has 0 saturated heterocycles. The molecule has 8 heteroatoms. The van der Waals surface area contributed by atoms with Gasteiger partial charge in [0.25, 0.3) is 0 Å². The van der Waals surface area contributed by atoms with E-state index in [0.717, 1.165) is 43.1 Å². The number of ether oxygens (including phenoxy) is 2. The topological polar surface area (TPSA) is 18.5 Å². The Hall–Kier alpha value is -2.64. The number of rotatable bonds is 8. The smallest absolute Gasteiger partial charge is 0.343 e. The maximum absolute atomic E-state index is 15.6. The quantitative estimate of drug-likeness (QED) is 0.296. The van der Waals surface area contributed by atoms with E-state index in [9.17, 15) is 4.39 Å². The predicted octanol–water partition coefficient (Wildman–Crippen LogP) is 9.69. The molecule has 1 saturated carbocycles. The lowest BCUT2D eigenvalue weighted by Crippen LogP contribution is -2.41. The minimum Gasteiger partial charge on any atom is -0.498 e. The third kappa shape index (κ3) is 5.00. The van der Waals surface area contributed by atoms with Gasteiger partial charge in [-0.1, -0.05) is 31.9 Å². The molecule has 1 unspecified atom stereocenters. The van der Waals surface area contributed by atoms with Crippen LogP contribution in [0.1, 0.15) is 81.9 Å². The summed E-state index contributed by atoms with van der Waals surface area (Å²) in [6.45, 7) is 4.17. The van der Waals surface area contributed by atoms with Crippen LogP contribution in [0.2, 0.25) is 0 Å². The first kappa shape index (κ1) is 28.9. The number of hydrogen-bond donors (Lipinski definition) is 0. The standard InChI is InChI=1S/C32H36F6O2/c1-3-5-19-6-10-21(11-7-19)25-16-9-20(18-40-25)8-12-22-13-14-23-24-15-17-26(39-4-2)30(34)28(24)32(37,38)31(35,36)27(23)29(22)33/h13-17,19-21H,3-12,18H2,1-2H3. The van der Waals surface area contributed by atoms with Crippen LogP contribution in [0.15, 0.2) is 36.1 Å². The SMILES string of the molecule is CCCC1CCC(C2=CCC(CCc3ccc4c(c3F)C(F)(F)C(F)(F)c3c-4ccc(OCC)c3F)CO2)CC1. The van der Waals surface area contributed by atoms with E-state index in [1.807, 2.05) is 0 Å². The number of hydrogen-bond acceptors (Lipinski definition) is 2. The van der Waals surface area contributed by atoms with E-state index >= 15 is 22.0 Å². The lowest BCUT2D eigenvalue weighted by Gasteiger charge is -2.36. The zero-order valence-corrected chi connectivity index (χ0v) is 23.0. The van der Waals surface area contributed by atoms with Crippen LogP contribution in [0.3, 0.4) is 0 Å². The average Bonchev–Trinajstić information content (AvgIpc) is 2.93. The van der Waals surface area contributed by atoms with Gasteiger partial charge in [-0.2, -0.15) is 17.6 Å². The van der Waals surface area contributed by atoms with Crippen LogP contribution in [-0.2, 0) is 23.0 Å². The van der Waals surface area contributed by atoms with E-state index in [2.05, 4.69) is 13.0 Å². The number of aryl methyl sites for hydroxylation is 1. The lowest BCUT2D eigenvalue weighted by molar-refractivity contribution is -0.228. The highest BCUT2D eigenvalue weighted by atomic mass is 19.3. The van der Waals surface area contributed by atoms with Gasteiger partial charge >= 0.3 is 11.8 Å². The van der Waals surface area contributed by atoms with Crippen LogP contribution < -0.4 is 4.74 Å². The number of benzene rings is 2. The van der Waals surface area contributed by atoms with Gasteiger partial charge < -0.3 is 9.47 Å². The van der Waals surface area contributed by atoms with Crippen molar-refractivity contribution in [3.05, 3.63) is 64.4 Å². The zero-order valence-electron chi connectivity index (χ0n) is 23.0. The van der Waals surface area contributed by atoms with Gasteiger partial charge in [0.2, 0.25) is 0 Å². The molecule has 0 spiro atoms. The van der Waals surface area contributed by atoms with E-state index in [1.165, 1.54) is 44.7 Å². The van der Waals surface area contributed by atoms with Gasteiger partial charge in [0.15, 0.2) is 11.6 Å². The molecule has 1 fully saturated rings. The Morgan fingerprint density at radius 1 is 0.825 bits per heavy atom. The number of allylic oxidation sites excluding steroid dienone is 2. The van der Waals surface area contributed by atoms with Gasteiger partial charge in [0.05, 0.1) is 30.1 Å². The molecule has 2 nitrogen and oxygen atoms in total. The molecule has 3 aliphatic rings. The highest BCUT2D eigenvalue weighted by molar-refractivity contribution is 5.77. The van der Waals surface area contributed by atoms with Crippen LogP contribution in [0.25, 0.3) is 11.1 Å². The van der Waals surface area contributed by atoms with Gasteiger partial charge in [-0.05, 0) is 98.6 Å². The molecule has 218 valence electrons. The summed E-state index contributed by atoms with van der Waals surface area (Å²) in [4.78, 5) is 0. The number of alkyl halides is 4. The maximum atomic E-state index is 15.6. The van der Waals surface area contributed by atoms with Gasteiger partial charge in [0.1, 0.15) is 5.82 Å². The lowest BCUT2D eigenvalue weighted by atomic mass is 9.78. The Bertz CT molecular complexity index is 1260. The largest absolute Gasteiger partial charge is 0.498 e. The molecule has 1 aliphatic heterocycles. The van der Waals surface area contributed by atoms with Crippen molar-refractivity contribution in [3.63, 3.8) is 0 Å². The highest BCUT2D eigenvalue weighted by Gasteiger charge is 2.65. The minimum atomic E-state index is -4.96. The summed E-state index contributed by atoms with van der Waals surface area (Å²) in [5, 5.41) is 0. The van der Waals surface area contributed by atoms with Crippen molar-refractivity contribution in [2.45, 2.75) is 83.5 Å². The van der Waals surface area contributed by atoms with Gasteiger partial charge in [-0.3, -0.25) is 0 Å². The fraction of sp³-hybridized carbons (Fsp3) is 0.562. The summed E-state index contributed by atoms with van der Waals surface area (Å²) < 4.78 is 102. The van der Waals surface area contributed by atoms with Crippen molar-refractivity contribution >= 4 is 0 Å². The molecule has 0 amide bonds. The van der Waals surface area contributed by atoms with Crippen molar-refractivity contribution < 1.29 is 35.8 Å². The van der Waals surface area contributed by atoms with Crippen molar-refractivity contribution in [2.75, 3.05) is 13.2 Å². The van der Waals surface area contributed by atoms with Crippen molar-refractivity contribution in [2.24, 2.45) is 17.8 Å². The molecule has 2 aliphatic carbocycles. The van der Waals surface area contributed by atoms with Gasteiger partial charge in [0, 0.05) is 5.92 Å². The third-order valence-corrected chi connectivity index (χ3v) is 8.85. The van der Waals surface area contributed by atoms with Gasteiger partial charge in [-0.25, -0.2) is 8.78 Å². The van der Waals surface area contributed by atoms with Crippen LogP contribution in [0.4, 0.5) is 26.3 Å². The van der Waals surface area contributed by atoms with Gasteiger partial charge in [-0.15, -0.1) is 0 Å². The minimum absolute atomic E-state index is 0.0323. The molecule has 2 aromatic rings. The monoisotopic (exact) mass is 566 g/mol. The second-order valence-corrected chi connectivity index (χ2v) is 11.4. The molecule has 5 rings (SSSR count). The fourth-order valence-electron chi connectivity index (χ4n) is 6.63. The van der Waals surface area contributed by atoms with E-state index < -0.39 is 51.5 Å². The highest BCUT2D eigenvalue weighted by Crippen LogP contribution is 2.60. The summed E-state index contributed by atoms with van der Waals surface area (Å²) in [6.07, 6.45) is 10.6. The summed E-state index contributed by atoms with van der Waals surface area (Å²) >= 11 is 0. The third-order valence-electron chi connectivity index (χ3n) is 8.85. The molecule has 2 aromatic carbocycles. The Kier molecular flexibility index (Phi) is 8.17. The molecule has 1 heterocycles. The Labute approximate surface area is 231 Å². The second-order valence-electron chi connectivity index (χ2n) is 11.4. The van der Waals surface area contributed by atoms with Crippen LogP contribution in [0, 0.1) is 29.4 Å². The van der Waals surface area contributed by atoms with E-state index in [4.69, 9.17) is 9.47 Å². The summed E-state index contributed by atoms with van der Waals surface area (Å²) in [6, 6.07) is 4.73. The molecule has 0 aromatic heterocycles. The average molecular weight is 567 g/mol. The van der Waals surface area contributed by atoms with E-state index in [1.54, 1.807) is 0 Å². The first-order valence-corrected chi connectivity index (χ1v) is 14.5. The Balaban J connectivity index is 1.32. The number of fused-ring (bicyclic) bond motifs is 3. The first-order chi connectivity index (χ1) is 19.1. The molecule has 0 N–H and O–H groups in total. The second kappa shape index (κ2) is 11.3. The first-order valence-electron chi connectivity index (χ1n) is 14.5. The maximum Gasteiger partial charge on any atom is 0.343 e. The zero-order chi connectivity index (χ0) is 28.7. The summed E-state index contributed by atoms with van der Waals surface area (Å²) in [5.74, 6) is -11.0. The van der Waals surface area contributed by atoms with Crippen LogP contribution >= 0.6 is 0 Å². The fourth-order valence-corrected chi connectivity index (χ4v) is 6.63. The van der Waals surface area contributed by atoms with Crippen molar-refractivity contribution in [3.8, 4) is 16.9 Å². The molecule has 40 heavy (non-hydrogen) atoms. The molecule has 1 atom stereocenters. The Morgan fingerprint density at radius 3 is 2.08 bits per heavy atom. The molecule has 0 bridgehead atoms. The molecular weight excluding hydrogens is 530 g/mol. The van der Waals surface area contributed by atoms with E-state index in [-0.39, 0.29) is 24.5 Å². The molecular formula is C32H36F6O2. The molecule has 0 radical (unpaired) electrons. The summed E-state index contributed by atoms with van der Waals surface area (Å²) in [5.41, 5.74) is -3.81. The van der Waals surface area contributed by atoms with E-state index in [0.29, 0.717) is 18.9 Å². The number of halogens is 6. The summed E-state index contributed by atoms with van der Waals surface area (Å²) in [7, 11) is 0.